The van der Waals surface area contributed by atoms with E-state index in [0.29, 0.717) is 17.6 Å². The van der Waals surface area contributed by atoms with Crippen molar-refractivity contribution in [2.75, 3.05) is 31.1 Å². The molecule has 25 heavy (non-hydrogen) atoms. The fourth-order valence-corrected chi connectivity index (χ4v) is 3.23. The van der Waals surface area contributed by atoms with Crippen molar-refractivity contribution >= 4 is 27.5 Å². The molecule has 0 bridgehead atoms. The van der Waals surface area contributed by atoms with Crippen LogP contribution >= 0.6 is 15.9 Å². The SMILES string of the molecule is CC(Oc1ccc(Br)cc1F)C(=O)N1CCN(c2ccccc2)CC1. The van der Waals surface area contributed by atoms with Gasteiger partial charge in [0, 0.05) is 36.3 Å². The van der Waals surface area contributed by atoms with E-state index in [1.54, 1.807) is 17.9 Å². The maximum Gasteiger partial charge on any atom is 0.263 e. The van der Waals surface area contributed by atoms with Crippen molar-refractivity contribution in [3.8, 4) is 5.75 Å². The van der Waals surface area contributed by atoms with Crippen molar-refractivity contribution < 1.29 is 13.9 Å². The Morgan fingerprint density at radius 3 is 2.44 bits per heavy atom. The van der Waals surface area contributed by atoms with Crippen LogP contribution in [0.25, 0.3) is 0 Å². The molecule has 4 nitrogen and oxygen atoms in total. The summed E-state index contributed by atoms with van der Waals surface area (Å²) in [4.78, 5) is 16.6. The zero-order chi connectivity index (χ0) is 17.8. The topological polar surface area (TPSA) is 32.8 Å². The zero-order valence-electron chi connectivity index (χ0n) is 14.0. The lowest BCUT2D eigenvalue weighted by Gasteiger charge is -2.37. The lowest BCUT2D eigenvalue weighted by molar-refractivity contribution is -0.138. The summed E-state index contributed by atoms with van der Waals surface area (Å²) in [5, 5.41) is 0. The molecule has 1 aliphatic heterocycles. The van der Waals surface area contributed by atoms with Gasteiger partial charge in [-0.25, -0.2) is 4.39 Å². The standard InChI is InChI=1S/C19H20BrFN2O2/c1-14(25-18-8-7-15(20)13-17(18)21)19(24)23-11-9-22(10-12-23)16-5-3-2-4-6-16/h2-8,13-14H,9-12H2,1H3. The molecular formula is C19H20BrFN2O2. The molecule has 0 N–H and O–H groups in total. The van der Waals surface area contributed by atoms with Gasteiger partial charge in [-0.15, -0.1) is 0 Å². The van der Waals surface area contributed by atoms with Crippen LogP contribution in [0.15, 0.2) is 53.0 Å². The number of halogens is 2. The second-order valence-electron chi connectivity index (χ2n) is 5.98. The van der Waals surface area contributed by atoms with Crippen molar-refractivity contribution in [3.05, 3.63) is 58.8 Å². The molecule has 0 radical (unpaired) electrons. The highest BCUT2D eigenvalue weighted by Gasteiger charge is 2.26. The number of ether oxygens (including phenoxy) is 1. The van der Waals surface area contributed by atoms with Crippen molar-refractivity contribution in [2.45, 2.75) is 13.0 Å². The predicted molar refractivity (Wildman–Crippen MR) is 99.4 cm³/mol. The predicted octanol–water partition coefficient (Wildman–Crippen LogP) is 3.70. The van der Waals surface area contributed by atoms with Gasteiger partial charge < -0.3 is 14.5 Å². The van der Waals surface area contributed by atoms with Gasteiger partial charge in [0.25, 0.3) is 5.91 Å². The van der Waals surface area contributed by atoms with Gasteiger partial charge in [-0.05, 0) is 37.3 Å². The van der Waals surface area contributed by atoms with Crippen LogP contribution in [0.1, 0.15) is 6.92 Å². The quantitative estimate of drug-likeness (QED) is 0.775. The summed E-state index contributed by atoms with van der Waals surface area (Å²) in [6.45, 7) is 4.46. The highest BCUT2D eigenvalue weighted by molar-refractivity contribution is 9.10. The van der Waals surface area contributed by atoms with E-state index in [1.165, 1.54) is 12.1 Å². The number of anilines is 1. The smallest absolute Gasteiger partial charge is 0.263 e. The van der Waals surface area contributed by atoms with Crippen LogP contribution in [-0.4, -0.2) is 43.1 Å². The average molecular weight is 407 g/mol. The third-order valence-corrected chi connectivity index (χ3v) is 4.75. The molecular weight excluding hydrogens is 387 g/mol. The Morgan fingerprint density at radius 1 is 1.12 bits per heavy atom. The van der Waals surface area contributed by atoms with Crippen molar-refractivity contribution in [3.63, 3.8) is 0 Å². The van der Waals surface area contributed by atoms with E-state index in [4.69, 9.17) is 4.74 Å². The Bertz CT molecular complexity index is 733. The monoisotopic (exact) mass is 406 g/mol. The molecule has 1 aliphatic rings. The molecule has 0 saturated carbocycles. The summed E-state index contributed by atoms with van der Waals surface area (Å²) in [6.07, 6.45) is -0.723. The minimum Gasteiger partial charge on any atom is -0.478 e. The maximum absolute atomic E-state index is 13.9. The molecule has 0 aliphatic carbocycles. The summed E-state index contributed by atoms with van der Waals surface area (Å²) in [5.74, 6) is -0.509. The van der Waals surface area contributed by atoms with E-state index >= 15 is 0 Å². The molecule has 2 aromatic rings. The van der Waals surface area contributed by atoms with Gasteiger partial charge in [-0.3, -0.25) is 4.79 Å². The van der Waals surface area contributed by atoms with E-state index in [9.17, 15) is 9.18 Å². The number of amides is 1. The van der Waals surface area contributed by atoms with Crippen molar-refractivity contribution in [1.82, 2.24) is 4.90 Å². The highest BCUT2D eigenvalue weighted by atomic mass is 79.9. The summed E-state index contributed by atoms with van der Waals surface area (Å²) in [5.41, 5.74) is 1.16. The Balaban J connectivity index is 1.56. The van der Waals surface area contributed by atoms with Gasteiger partial charge in [0.05, 0.1) is 0 Å². The Kier molecular flexibility index (Phi) is 5.58. The van der Waals surface area contributed by atoms with Gasteiger partial charge in [-0.1, -0.05) is 34.1 Å². The van der Waals surface area contributed by atoms with Crippen LogP contribution in [0.3, 0.4) is 0 Å². The number of hydrogen-bond donors (Lipinski definition) is 0. The molecule has 0 spiro atoms. The van der Waals surface area contributed by atoms with Crippen LogP contribution in [0.4, 0.5) is 10.1 Å². The lowest BCUT2D eigenvalue weighted by atomic mass is 10.2. The normalized spacial score (nSPS) is 15.8. The van der Waals surface area contributed by atoms with Crippen LogP contribution in [0.2, 0.25) is 0 Å². The fourth-order valence-electron chi connectivity index (χ4n) is 2.89. The van der Waals surface area contributed by atoms with E-state index in [-0.39, 0.29) is 11.7 Å². The third-order valence-electron chi connectivity index (χ3n) is 4.26. The number of carbonyl (C=O) groups excluding carboxylic acids is 1. The van der Waals surface area contributed by atoms with Crippen LogP contribution in [0.5, 0.6) is 5.75 Å². The van der Waals surface area contributed by atoms with E-state index in [1.807, 2.05) is 18.2 Å². The number of rotatable bonds is 4. The minimum atomic E-state index is -0.723. The van der Waals surface area contributed by atoms with E-state index in [0.717, 1.165) is 18.8 Å². The van der Waals surface area contributed by atoms with Crippen LogP contribution in [-0.2, 0) is 4.79 Å². The zero-order valence-corrected chi connectivity index (χ0v) is 15.6. The minimum absolute atomic E-state index is 0.0898. The summed E-state index contributed by atoms with van der Waals surface area (Å²) < 4.78 is 20.0. The van der Waals surface area contributed by atoms with Gasteiger partial charge in [0.1, 0.15) is 0 Å². The molecule has 2 aromatic carbocycles. The number of piperazine rings is 1. The van der Waals surface area contributed by atoms with Crippen molar-refractivity contribution in [1.29, 1.82) is 0 Å². The Labute approximate surface area is 155 Å². The number of carbonyl (C=O) groups is 1. The van der Waals surface area contributed by atoms with E-state index < -0.39 is 11.9 Å². The molecule has 6 heteroatoms. The molecule has 1 amide bonds. The molecule has 1 saturated heterocycles. The summed E-state index contributed by atoms with van der Waals surface area (Å²) >= 11 is 3.20. The first-order valence-corrected chi connectivity index (χ1v) is 9.04. The molecule has 3 rings (SSSR count). The average Bonchev–Trinajstić information content (AvgIpc) is 2.64. The Hall–Kier alpha value is -2.08. The molecule has 132 valence electrons. The molecule has 1 atom stereocenters. The van der Waals surface area contributed by atoms with E-state index in [2.05, 4.69) is 33.0 Å². The fraction of sp³-hybridized carbons (Fsp3) is 0.316. The first-order chi connectivity index (χ1) is 12.0. The first kappa shape index (κ1) is 17.7. The van der Waals surface area contributed by atoms with Crippen LogP contribution < -0.4 is 9.64 Å². The second kappa shape index (κ2) is 7.87. The van der Waals surface area contributed by atoms with Crippen molar-refractivity contribution in [2.24, 2.45) is 0 Å². The number of para-hydroxylation sites is 1. The second-order valence-corrected chi connectivity index (χ2v) is 6.90. The highest BCUT2D eigenvalue weighted by Crippen LogP contribution is 2.23. The number of benzene rings is 2. The number of hydrogen-bond acceptors (Lipinski definition) is 3. The molecule has 1 fully saturated rings. The molecule has 1 unspecified atom stereocenters. The maximum atomic E-state index is 13.9. The van der Waals surface area contributed by atoms with Gasteiger partial charge >= 0.3 is 0 Å². The Morgan fingerprint density at radius 2 is 1.80 bits per heavy atom. The lowest BCUT2D eigenvalue weighted by Crippen LogP contribution is -2.52. The third kappa shape index (κ3) is 4.31. The van der Waals surface area contributed by atoms with Crippen LogP contribution in [0, 0.1) is 5.82 Å². The molecule has 1 heterocycles. The molecule has 0 aromatic heterocycles. The van der Waals surface area contributed by atoms with Gasteiger partial charge in [0.15, 0.2) is 17.7 Å². The first-order valence-electron chi connectivity index (χ1n) is 8.25. The summed E-state index contributed by atoms with van der Waals surface area (Å²) in [6, 6.07) is 14.7. The van der Waals surface area contributed by atoms with Gasteiger partial charge in [-0.2, -0.15) is 0 Å². The van der Waals surface area contributed by atoms with Gasteiger partial charge in [0.2, 0.25) is 0 Å². The largest absolute Gasteiger partial charge is 0.478 e. The summed E-state index contributed by atoms with van der Waals surface area (Å²) in [7, 11) is 0. The number of nitrogens with zero attached hydrogens (tertiary/aromatic N) is 2.